The van der Waals surface area contributed by atoms with E-state index in [1.54, 1.807) is 0 Å². The summed E-state index contributed by atoms with van der Waals surface area (Å²) >= 11 is -5.98. The summed E-state index contributed by atoms with van der Waals surface area (Å²) in [5, 5.41) is 0. The first-order valence-corrected chi connectivity index (χ1v) is 21.7. The van der Waals surface area contributed by atoms with Crippen LogP contribution in [-0.4, -0.2) is 50.0 Å². The fourth-order valence-electron chi connectivity index (χ4n) is 2.45. The van der Waals surface area contributed by atoms with Crippen molar-refractivity contribution in [3.8, 4) is 0 Å². The summed E-state index contributed by atoms with van der Waals surface area (Å²) in [5.41, 5.74) is 0. The number of hydrogen-bond donors (Lipinski definition) is 0. The molecule has 0 unspecified atom stereocenters. The van der Waals surface area contributed by atoms with E-state index in [1.807, 2.05) is 27.7 Å². The third-order valence-corrected chi connectivity index (χ3v) is 13.2. The van der Waals surface area contributed by atoms with E-state index in [0.29, 0.717) is 0 Å². The third-order valence-electron chi connectivity index (χ3n) is 1.97. The maximum absolute atomic E-state index is 6.08. The summed E-state index contributed by atoms with van der Waals surface area (Å²) in [6.45, 7) is 7.82. The van der Waals surface area contributed by atoms with Crippen LogP contribution in [0.4, 0.5) is 0 Å². The fourth-order valence-corrected chi connectivity index (χ4v) is 18.0. The van der Waals surface area contributed by atoms with Crippen molar-refractivity contribution in [3.05, 3.63) is 0 Å². The summed E-state index contributed by atoms with van der Waals surface area (Å²) in [6, 6.07) is 0. The van der Waals surface area contributed by atoms with Crippen LogP contribution in [0.15, 0.2) is 0 Å². The Kier molecular flexibility index (Phi) is 4.38. The van der Waals surface area contributed by atoms with Crippen LogP contribution in [0.1, 0.15) is 27.7 Å². The van der Waals surface area contributed by atoms with Gasteiger partial charge in [-0.3, -0.25) is 0 Å². The van der Waals surface area contributed by atoms with Gasteiger partial charge in [-0.05, 0) is 0 Å². The molecule has 0 atom stereocenters. The molecule has 0 bridgehead atoms. The quantitative estimate of drug-likeness (QED) is 0.537. The van der Waals surface area contributed by atoms with Crippen LogP contribution in [-0.2, 0) is 12.3 Å². The summed E-state index contributed by atoms with van der Waals surface area (Å²) < 4.78 is 24.3. The Labute approximate surface area is 109 Å². The van der Waals surface area contributed by atoms with Gasteiger partial charge in [-0.2, -0.15) is 0 Å². The minimum atomic E-state index is -2.99. The van der Waals surface area contributed by atoms with Crippen LogP contribution in [0, 0.1) is 0 Å². The summed E-state index contributed by atoms with van der Waals surface area (Å²) in [4.78, 5) is 8.33. The van der Waals surface area contributed by atoms with Crippen LogP contribution in [0.3, 0.4) is 0 Å². The molecule has 96 valence electrons. The average molecular weight is 446 g/mol. The normalized spacial score (nSPS) is 31.5. The molecular weight excluding hydrogens is 422 g/mol. The molecule has 1 fully saturated rings. The van der Waals surface area contributed by atoms with Gasteiger partial charge in [0.15, 0.2) is 0 Å². The van der Waals surface area contributed by atoms with E-state index >= 15 is 0 Å². The van der Waals surface area contributed by atoms with Crippen LogP contribution in [0.5, 0.6) is 0 Å². The van der Waals surface area contributed by atoms with E-state index in [-0.39, 0.29) is 0 Å². The molecule has 1 aliphatic rings. The molecule has 0 N–H and O–H groups in total. The predicted molar refractivity (Wildman–Crippen MR) is 67.5 cm³/mol. The first kappa shape index (κ1) is 15.5. The molecule has 1 rings (SSSR count). The average Bonchev–Trinajstić information content (AvgIpc) is 1.67. The molecule has 0 saturated carbocycles. The SMILES string of the molecule is CC1(C)[O][Sn]([CH3])([CH3])[O]C(C)(C)[O][Sn]([CH3])([CH3])[O]1. The molecule has 1 aliphatic heterocycles. The molecule has 0 spiro atoms. The van der Waals surface area contributed by atoms with Gasteiger partial charge < -0.3 is 0 Å². The Morgan fingerprint density at radius 2 is 0.750 bits per heavy atom. The zero-order valence-corrected chi connectivity index (χ0v) is 17.3. The Morgan fingerprint density at radius 3 is 0.938 bits per heavy atom. The molecule has 1 heterocycles. The van der Waals surface area contributed by atoms with Crippen molar-refractivity contribution in [2.45, 2.75) is 59.0 Å². The van der Waals surface area contributed by atoms with Crippen molar-refractivity contribution in [1.29, 1.82) is 0 Å². The van der Waals surface area contributed by atoms with Crippen molar-refractivity contribution >= 4 is 38.4 Å². The molecule has 0 aromatic rings. The maximum atomic E-state index is 6.08. The van der Waals surface area contributed by atoms with Gasteiger partial charge in [0, 0.05) is 0 Å². The van der Waals surface area contributed by atoms with E-state index in [0.717, 1.165) is 0 Å². The Bertz CT molecular complexity index is 202. The zero-order chi connectivity index (χ0) is 12.8. The predicted octanol–water partition coefficient (Wildman–Crippen LogP) is 2.94. The summed E-state index contributed by atoms with van der Waals surface area (Å²) in [7, 11) is 0. The van der Waals surface area contributed by atoms with Crippen molar-refractivity contribution < 1.29 is 12.3 Å². The molecule has 4 nitrogen and oxygen atoms in total. The molecule has 0 aromatic heterocycles. The van der Waals surface area contributed by atoms with Crippen LogP contribution < -0.4 is 0 Å². The first-order chi connectivity index (χ1) is 6.83. The molecular formula is C10H24O4Sn2. The summed E-state index contributed by atoms with van der Waals surface area (Å²) in [5.74, 6) is -1.15. The van der Waals surface area contributed by atoms with E-state index in [2.05, 4.69) is 19.8 Å². The standard InChI is InChI=1S/2C3H6O2.4CH3.2Sn/c2*1-3(2,4)5;;;;;;/h2*1-2H3;4*1H3;;/q2*-2;;;;;2*+2. The Balaban J connectivity index is 2.98. The fraction of sp³-hybridized carbons (Fsp3) is 1.00. The third kappa shape index (κ3) is 4.97. The van der Waals surface area contributed by atoms with E-state index in [9.17, 15) is 0 Å². The second-order valence-electron chi connectivity index (χ2n) is 6.01. The van der Waals surface area contributed by atoms with Crippen molar-refractivity contribution in [2.24, 2.45) is 0 Å². The molecule has 0 amide bonds. The van der Waals surface area contributed by atoms with Gasteiger partial charge in [-0.1, -0.05) is 0 Å². The van der Waals surface area contributed by atoms with Gasteiger partial charge in [0.05, 0.1) is 0 Å². The van der Waals surface area contributed by atoms with E-state index in [1.165, 1.54) is 0 Å². The van der Waals surface area contributed by atoms with Crippen LogP contribution in [0.25, 0.3) is 0 Å². The number of rotatable bonds is 0. The molecule has 16 heavy (non-hydrogen) atoms. The molecule has 0 aliphatic carbocycles. The topological polar surface area (TPSA) is 36.9 Å². The van der Waals surface area contributed by atoms with Crippen LogP contribution >= 0.6 is 0 Å². The van der Waals surface area contributed by atoms with E-state index in [4.69, 9.17) is 12.3 Å². The monoisotopic (exact) mass is 448 g/mol. The Hall–Kier alpha value is 1.44. The van der Waals surface area contributed by atoms with Gasteiger partial charge in [-0.15, -0.1) is 0 Å². The molecule has 6 heteroatoms. The second-order valence-corrected chi connectivity index (χ2v) is 24.3. The van der Waals surface area contributed by atoms with Crippen molar-refractivity contribution in [3.63, 3.8) is 0 Å². The van der Waals surface area contributed by atoms with Gasteiger partial charge >= 0.3 is 110 Å². The number of hydrogen-bond acceptors (Lipinski definition) is 4. The molecule has 1 saturated heterocycles. The van der Waals surface area contributed by atoms with Gasteiger partial charge in [0.1, 0.15) is 0 Å². The molecule has 0 radical (unpaired) electrons. The van der Waals surface area contributed by atoms with Gasteiger partial charge in [0.25, 0.3) is 0 Å². The Morgan fingerprint density at radius 1 is 0.562 bits per heavy atom. The zero-order valence-electron chi connectivity index (χ0n) is 11.6. The first-order valence-electron chi connectivity index (χ1n) is 5.63. The summed E-state index contributed by atoms with van der Waals surface area (Å²) in [6.07, 6.45) is 0. The van der Waals surface area contributed by atoms with Crippen LogP contribution in [0.2, 0.25) is 19.8 Å². The second kappa shape index (κ2) is 4.52. The van der Waals surface area contributed by atoms with Gasteiger partial charge in [-0.25, -0.2) is 0 Å². The van der Waals surface area contributed by atoms with Gasteiger partial charge in [0.2, 0.25) is 0 Å². The van der Waals surface area contributed by atoms with Crippen molar-refractivity contribution in [1.82, 2.24) is 0 Å². The minimum absolute atomic E-state index is 0.574. The molecule has 0 aromatic carbocycles. The van der Waals surface area contributed by atoms with E-state index < -0.39 is 50.0 Å². The van der Waals surface area contributed by atoms with Crippen molar-refractivity contribution in [2.75, 3.05) is 0 Å².